The normalized spacial score (nSPS) is 15.5. The van der Waals surface area contributed by atoms with Crippen LogP contribution in [0.15, 0.2) is 24.3 Å². The zero-order chi connectivity index (χ0) is 9.38. The first-order valence-electron chi connectivity index (χ1n) is 5.24. The Kier molecular flexibility index (Phi) is 2.98. The molecule has 0 atom stereocenters. The fourth-order valence-electron chi connectivity index (χ4n) is 2.31. The number of nitrogens with one attached hydrogen (secondary N) is 2. The maximum Gasteiger partial charge on any atom is 0.0458 e. The summed E-state index contributed by atoms with van der Waals surface area (Å²) in [6.07, 6.45) is 2.28. The van der Waals surface area contributed by atoms with Crippen molar-refractivity contribution in [1.82, 2.24) is 10.3 Å². The lowest BCUT2D eigenvalue weighted by molar-refractivity contribution is 0.708. The van der Waals surface area contributed by atoms with Crippen LogP contribution >= 0.6 is 12.4 Å². The maximum absolute atomic E-state index is 3.52. The molecule has 1 aliphatic heterocycles. The van der Waals surface area contributed by atoms with E-state index in [2.05, 4.69) is 34.6 Å². The van der Waals surface area contributed by atoms with E-state index in [1.807, 2.05) is 0 Å². The number of aromatic amines is 1. The Balaban J connectivity index is 0.000000853. The molecule has 2 aromatic rings. The molecule has 3 heteroatoms. The molecule has 15 heavy (non-hydrogen) atoms. The van der Waals surface area contributed by atoms with Crippen LogP contribution in [0.4, 0.5) is 0 Å². The molecule has 0 saturated heterocycles. The Morgan fingerprint density at radius 2 is 1.80 bits per heavy atom. The average molecular weight is 223 g/mol. The van der Waals surface area contributed by atoms with Gasteiger partial charge >= 0.3 is 0 Å². The Bertz CT molecular complexity index is 462. The van der Waals surface area contributed by atoms with Gasteiger partial charge in [0.15, 0.2) is 0 Å². The SMILES string of the molecule is Cl.c1ccc2c3c([nH]c2c1)CCNCC3. The van der Waals surface area contributed by atoms with Crippen molar-refractivity contribution in [3.63, 3.8) is 0 Å². The van der Waals surface area contributed by atoms with Gasteiger partial charge in [-0.3, -0.25) is 0 Å². The third kappa shape index (κ3) is 1.75. The van der Waals surface area contributed by atoms with Gasteiger partial charge < -0.3 is 10.3 Å². The Hall–Kier alpha value is -0.990. The van der Waals surface area contributed by atoms with E-state index in [1.165, 1.54) is 22.2 Å². The van der Waals surface area contributed by atoms with Crippen LogP contribution in [0.1, 0.15) is 11.3 Å². The zero-order valence-corrected chi connectivity index (χ0v) is 9.36. The molecule has 0 unspecified atom stereocenters. The summed E-state index contributed by atoms with van der Waals surface area (Å²) in [5.41, 5.74) is 4.24. The van der Waals surface area contributed by atoms with Crippen LogP contribution in [-0.4, -0.2) is 18.1 Å². The van der Waals surface area contributed by atoms with Crippen LogP contribution in [-0.2, 0) is 12.8 Å². The highest BCUT2D eigenvalue weighted by molar-refractivity contribution is 5.85. The molecule has 0 fully saturated rings. The van der Waals surface area contributed by atoms with Crippen LogP contribution in [0.25, 0.3) is 10.9 Å². The largest absolute Gasteiger partial charge is 0.358 e. The van der Waals surface area contributed by atoms with Gasteiger partial charge in [-0.05, 0) is 24.6 Å². The van der Waals surface area contributed by atoms with Crippen molar-refractivity contribution in [1.29, 1.82) is 0 Å². The molecule has 2 heterocycles. The van der Waals surface area contributed by atoms with Crippen molar-refractivity contribution in [2.24, 2.45) is 0 Å². The number of H-pyrrole nitrogens is 1. The standard InChI is InChI=1S/C12H14N2.ClH/c1-2-4-11-9(3-1)10-5-7-13-8-6-12(10)14-11;/h1-4,13-14H,5-8H2;1H. The van der Waals surface area contributed by atoms with Crippen LogP contribution in [0.5, 0.6) is 0 Å². The lowest BCUT2D eigenvalue weighted by Gasteiger charge is -1.97. The predicted octanol–water partition coefficient (Wildman–Crippen LogP) is 2.28. The number of rotatable bonds is 0. The molecule has 1 aromatic heterocycles. The van der Waals surface area contributed by atoms with Gasteiger partial charge in [-0.25, -0.2) is 0 Å². The van der Waals surface area contributed by atoms with Gasteiger partial charge in [-0.1, -0.05) is 18.2 Å². The smallest absolute Gasteiger partial charge is 0.0458 e. The van der Waals surface area contributed by atoms with E-state index in [4.69, 9.17) is 0 Å². The zero-order valence-electron chi connectivity index (χ0n) is 8.55. The molecular formula is C12H15ClN2. The molecule has 0 radical (unpaired) electrons. The lowest BCUT2D eigenvalue weighted by atomic mass is 10.1. The van der Waals surface area contributed by atoms with E-state index in [-0.39, 0.29) is 12.4 Å². The van der Waals surface area contributed by atoms with Crippen LogP contribution in [0, 0.1) is 0 Å². The Morgan fingerprint density at radius 3 is 2.73 bits per heavy atom. The lowest BCUT2D eigenvalue weighted by Crippen LogP contribution is -2.16. The van der Waals surface area contributed by atoms with Gasteiger partial charge in [-0.15, -0.1) is 12.4 Å². The molecule has 0 bridgehead atoms. The maximum atomic E-state index is 3.52. The summed E-state index contributed by atoms with van der Waals surface area (Å²) in [6, 6.07) is 8.60. The summed E-state index contributed by atoms with van der Waals surface area (Å²) in [7, 11) is 0. The second-order valence-electron chi connectivity index (χ2n) is 3.88. The number of hydrogen-bond acceptors (Lipinski definition) is 1. The number of aromatic nitrogens is 1. The Labute approximate surface area is 95.5 Å². The fourth-order valence-corrected chi connectivity index (χ4v) is 2.31. The van der Waals surface area contributed by atoms with E-state index in [0.29, 0.717) is 0 Å². The highest BCUT2D eigenvalue weighted by Gasteiger charge is 2.12. The number of halogens is 1. The molecule has 0 amide bonds. The van der Waals surface area contributed by atoms with E-state index in [9.17, 15) is 0 Å². The van der Waals surface area contributed by atoms with Crippen LogP contribution in [0.2, 0.25) is 0 Å². The average Bonchev–Trinajstić information content (AvgIpc) is 2.42. The number of fused-ring (bicyclic) bond motifs is 3. The van der Waals surface area contributed by atoms with Crippen molar-refractivity contribution in [3.05, 3.63) is 35.5 Å². The minimum atomic E-state index is 0. The summed E-state index contributed by atoms with van der Waals surface area (Å²) in [4.78, 5) is 3.52. The number of hydrogen-bond donors (Lipinski definition) is 2. The molecule has 80 valence electrons. The summed E-state index contributed by atoms with van der Waals surface area (Å²) < 4.78 is 0. The van der Waals surface area contributed by atoms with E-state index < -0.39 is 0 Å². The molecule has 0 saturated carbocycles. The third-order valence-corrected chi connectivity index (χ3v) is 3.01. The number of para-hydroxylation sites is 1. The second kappa shape index (κ2) is 4.25. The third-order valence-electron chi connectivity index (χ3n) is 3.01. The topological polar surface area (TPSA) is 27.8 Å². The molecule has 2 nitrogen and oxygen atoms in total. The van der Waals surface area contributed by atoms with Crippen LogP contribution < -0.4 is 5.32 Å². The number of benzene rings is 1. The first-order valence-corrected chi connectivity index (χ1v) is 5.24. The highest BCUT2D eigenvalue weighted by atomic mass is 35.5. The van der Waals surface area contributed by atoms with Crippen molar-refractivity contribution < 1.29 is 0 Å². The van der Waals surface area contributed by atoms with E-state index >= 15 is 0 Å². The molecular weight excluding hydrogens is 208 g/mol. The fraction of sp³-hybridized carbons (Fsp3) is 0.333. The van der Waals surface area contributed by atoms with Gasteiger partial charge in [-0.2, -0.15) is 0 Å². The molecule has 1 aliphatic rings. The van der Waals surface area contributed by atoms with Crippen LogP contribution in [0.3, 0.4) is 0 Å². The first kappa shape index (κ1) is 10.5. The summed E-state index contributed by atoms with van der Waals surface area (Å²) in [5, 5.41) is 4.83. The summed E-state index contributed by atoms with van der Waals surface area (Å²) in [5.74, 6) is 0. The Morgan fingerprint density at radius 1 is 1.00 bits per heavy atom. The molecule has 0 spiro atoms. The molecule has 2 N–H and O–H groups in total. The monoisotopic (exact) mass is 222 g/mol. The highest BCUT2D eigenvalue weighted by Crippen LogP contribution is 2.23. The second-order valence-corrected chi connectivity index (χ2v) is 3.88. The van der Waals surface area contributed by atoms with Gasteiger partial charge in [0, 0.05) is 29.6 Å². The van der Waals surface area contributed by atoms with Crippen molar-refractivity contribution >= 4 is 23.3 Å². The minimum Gasteiger partial charge on any atom is -0.358 e. The molecule has 3 rings (SSSR count). The quantitative estimate of drug-likeness (QED) is 0.703. The van der Waals surface area contributed by atoms with Crippen molar-refractivity contribution in [2.45, 2.75) is 12.8 Å². The predicted molar refractivity (Wildman–Crippen MR) is 65.8 cm³/mol. The van der Waals surface area contributed by atoms with Gasteiger partial charge in [0.05, 0.1) is 0 Å². The van der Waals surface area contributed by atoms with Gasteiger partial charge in [0.2, 0.25) is 0 Å². The minimum absolute atomic E-state index is 0. The van der Waals surface area contributed by atoms with E-state index in [1.54, 1.807) is 0 Å². The molecule has 1 aromatic carbocycles. The summed E-state index contributed by atoms with van der Waals surface area (Å²) in [6.45, 7) is 2.20. The van der Waals surface area contributed by atoms with Gasteiger partial charge in [0.1, 0.15) is 0 Å². The van der Waals surface area contributed by atoms with Crippen molar-refractivity contribution in [3.8, 4) is 0 Å². The summed E-state index contributed by atoms with van der Waals surface area (Å²) >= 11 is 0. The van der Waals surface area contributed by atoms with E-state index in [0.717, 1.165) is 25.9 Å². The van der Waals surface area contributed by atoms with Gasteiger partial charge in [0.25, 0.3) is 0 Å². The van der Waals surface area contributed by atoms with Crippen molar-refractivity contribution in [2.75, 3.05) is 13.1 Å². The first-order chi connectivity index (χ1) is 6.95. The molecule has 0 aliphatic carbocycles.